The summed E-state index contributed by atoms with van der Waals surface area (Å²) in [5, 5.41) is 0. The van der Waals surface area contributed by atoms with Crippen molar-refractivity contribution in [2.75, 3.05) is 13.7 Å². The number of ether oxygens (including phenoxy) is 1. The van der Waals surface area contributed by atoms with Crippen LogP contribution >= 0.6 is 0 Å². The van der Waals surface area contributed by atoms with Crippen LogP contribution < -0.4 is 5.73 Å². The fraction of sp³-hybridized carbons (Fsp3) is 0.333. The first-order valence-corrected chi connectivity index (χ1v) is 5.52. The van der Waals surface area contributed by atoms with Crippen LogP contribution in [0.5, 0.6) is 0 Å². The van der Waals surface area contributed by atoms with E-state index in [1.807, 2.05) is 28.8 Å². The van der Waals surface area contributed by atoms with E-state index in [-0.39, 0.29) is 0 Å². The van der Waals surface area contributed by atoms with E-state index in [0.29, 0.717) is 12.2 Å². The molecular weight excluding hydrogens is 218 g/mol. The number of hydrogen-bond acceptors (Lipinski definition) is 4. The zero-order valence-electron chi connectivity index (χ0n) is 9.72. The second-order valence-corrected chi connectivity index (χ2v) is 3.72. The number of carbonyl (C=O) groups is 1. The Hall–Kier alpha value is -1.88. The first kappa shape index (κ1) is 11.6. The Balaban J connectivity index is 2.50. The van der Waals surface area contributed by atoms with Crippen molar-refractivity contribution >= 4 is 11.5 Å². The van der Waals surface area contributed by atoms with Crippen molar-refractivity contribution in [2.45, 2.75) is 12.8 Å². The van der Waals surface area contributed by atoms with Gasteiger partial charge in [0, 0.05) is 12.6 Å². The molecule has 0 aromatic carbocycles. The maximum atomic E-state index is 11.6. The van der Waals surface area contributed by atoms with E-state index < -0.39 is 5.97 Å². The highest BCUT2D eigenvalue weighted by molar-refractivity contribution is 5.95. The highest BCUT2D eigenvalue weighted by atomic mass is 16.5. The quantitative estimate of drug-likeness (QED) is 0.800. The smallest absolute Gasteiger partial charge is 0.358 e. The summed E-state index contributed by atoms with van der Waals surface area (Å²) in [5.74, 6) is 0.430. The summed E-state index contributed by atoms with van der Waals surface area (Å²) in [6.45, 7) is 0.606. The third-order valence-corrected chi connectivity index (χ3v) is 2.60. The molecule has 2 aromatic rings. The molecule has 0 unspecified atom stereocenters. The minimum absolute atomic E-state index is 0.361. The number of pyridine rings is 1. The Labute approximate surface area is 99.2 Å². The van der Waals surface area contributed by atoms with Crippen LogP contribution in [0.4, 0.5) is 0 Å². The Morgan fingerprint density at radius 3 is 3.06 bits per heavy atom. The molecule has 5 heteroatoms. The van der Waals surface area contributed by atoms with Crippen molar-refractivity contribution in [1.29, 1.82) is 0 Å². The van der Waals surface area contributed by atoms with Crippen LogP contribution in [0.2, 0.25) is 0 Å². The summed E-state index contributed by atoms with van der Waals surface area (Å²) in [4.78, 5) is 15.9. The molecule has 90 valence electrons. The van der Waals surface area contributed by atoms with Crippen LogP contribution in [0.25, 0.3) is 5.52 Å². The number of fused-ring (bicyclic) bond motifs is 1. The second-order valence-electron chi connectivity index (χ2n) is 3.72. The van der Waals surface area contributed by atoms with Crippen LogP contribution in [0, 0.1) is 0 Å². The van der Waals surface area contributed by atoms with Crippen LogP contribution in [0.1, 0.15) is 22.7 Å². The second kappa shape index (κ2) is 4.97. The van der Waals surface area contributed by atoms with E-state index in [2.05, 4.69) is 4.98 Å². The zero-order chi connectivity index (χ0) is 12.3. The van der Waals surface area contributed by atoms with Gasteiger partial charge in [0.05, 0.1) is 12.6 Å². The Morgan fingerprint density at radius 1 is 1.53 bits per heavy atom. The highest BCUT2D eigenvalue weighted by Crippen LogP contribution is 2.15. The van der Waals surface area contributed by atoms with Crippen LogP contribution in [-0.4, -0.2) is 29.0 Å². The average Bonchev–Trinajstić information content (AvgIpc) is 2.74. The molecule has 0 amide bonds. The lowest BCUT2D eigenvalue weighted by Gasteiger charge is -1.98. The van der Waals surface area contributed by atoms with Crippen molar-refractivity contribution in [2.24, 2.45) is 5.73 Å². The van der Waals surface area contributed by atoms with Crippen LogP contribution in [0.15, 0.2) is 24.4 Å². The summed E-state index contributed by atoms with van der Waals surface area (Å²) >= 11 is 0. The first-order valence-electron chi connectivity index (χ1n) is 5.52. The van der Waals surface area contributed by atoms with Crippen molar-refractivity contribution < 1.29 is 9.53 Å². The molecule has 0 aliphatic heterocycles. The standard InChI is InChI=1S/C12H15N3O2/c1-17-12(16)11-9-5-2-3-8-15(9)10(14-11)6-4-7-13/h2-3,5,8H,4,6-7,13H2,1H3. The lowest BCUT2D eigenvalue weighted by molar-refractivity contribution is 0.0597. The van der Waals surface area contributed by atoms with Crippen LogP contribution in [-0.2, 0) is 11.2 Å². The van der Waals surface area contributed by atoms with Crippen LogP contribution in [0.3, 0.4) is 0 Å². The molecule has 5 nitrogen and oxygen atoms in total. The van der Waals surface area contributed by atoms with E-state index in [1.165, 1.54) is 7.11 Å². The third-order valence-electron chi connectivity index (χ3n) is 2.60. The van der Waals surface area contributed by atoms with Crippen molar-refractivity contribution in [1.82, 2.24) is 9.38 Å². The highest BCUT2D eigenvalue weighted by Gasteiger charge is 2.16. The summed E-state index contributed by atoms with van der Waals surface area (Å²) in [6.07, 6.45) is 3.48. The summed E-state index contributed by atoms with van der Waals surface area (Å²) in [5.41, 5.74) is 6.62. The normalized spacial score (nSPS) is 10.7. The molecule has 17 heavy (non-hydrogen) atoms. The molecule has 0 fully saturated rings. The summed E-state index contributed by atoms with van der Waals surface area (Å²) in [6, 6.07) is 5.63. The Kier molecular flexibility index (Phi) is 3.39. The van der Waals surface area contributed by atoms with E-state index >= 15 is 0 Å². The lowest BCUT2D eigenvalue weighted by Crippen LogP contribution is -2.04. The monoisotopic (exact) mass is 233 g/mol. The van der Waals surface area contributed by atoms with Gasteiger partial charge in [-0.15, -0.1) is 0 Å². The Bertz CT molecular complexity index is 534. The molecule has 0 saturated carbocycles. The summed E-state index contributed by atoms with van der Waals surface area (Å²) in [7, 11) is 1.36. The molecule has 0 aliphatic carbocycles. The number of esters is 1. The zero-order valence-corrected chi connectivity index (χ0v) is 9.72. The van der Waals surface area contributed by atoms with Crippen molar-refractivity contribution in [3.63, 3.8) is 0 Å². The molecule has 0 spiro atoms. The van der Waals surface area contributed by atoms with Gasteiger partial charge in [-0.2, -0.15) is 0 Å². The maximum Gasteiger partial charge on any atom is 0.358 e. The molecule has 0 saturated heterocycles. The molecule has 2 heterocycles. The number of aromatic nitrogens is 2. The van der Waals surface area contributed by atoms with Gasteiger partial charge in [-0.1, -0.05) is 6.07 Å². The van der Waals surface area contributed by atoms with Crippen molar-refractivity contribution in [3.8, 4) is 0 Å². The molecule has 0 aliphatic rings. The predicted octanol–water partition coefficient (Wildman–Crippen LogP) is 1.01. The fourth-order valence-corrected chi connectivity index (χ4v) is 1.78. The van der Waals surface area contributed by atoms with Gasteiger partial charge in [0.25, 0.3) is 0 Å². The number of rotatable bonds is 4. The molecule has 2 aromatic heterocycles. The van der Waals surface area contributed by atoms with Gasteiger partial charge in [0.1, 0.15) is 5.82 Å². The van der Waals surface area contributed by atoms with E-state index in [4.69, 9.17) is 10.5 Å². The third kappa shape index (κ3) is 2.14. The number of nitrogens with zero attached hydrogens (tertiary/aromatic N) is 2. The molecule has 0 atom stereocenters. The van der Waals surface area contributed by atoms with E-state index in [9.17, 15) is 4.79 Å². The SMILES string of the molecule is COC(=O)c1nc(CCCN)n2ccccc12. The number of aryl methyl sites for hydroxylation is 1. The average molecular weight is 233 g/mol. The van der Waals surface area contributed by atoms with Gasteiger partial charge in [-0.05, 0) is 25.1 Å². The molecule has 0 radical (unpaired) electrons. The van der Waals surface area contributed by atoms with Crippen molar-refractivity contribution in [3.05, 3.63) is 35.9 Å². The number of hydrogen-bond donors (Lipinski definition) is 1. The van der Waals surface area contributed by atoms with E-state index in [0.717, 1.165) is 24.2 Å². The number of nitrogens with two attached hydrogens (primary N) is 1. The van der Waals surface area contributed by atoms with E-state index in [1.54, 1.807) is 0 Å². The Morgan fingerprint density at radius 2 is 2.35 bits per heavy atom. The minimum Gasteiger partial charge on any atom is -0.464 e. The number of methoxy groups -OCH3 is 1. The predicted molar refractivity (Wildman–Crippen MR) is 63.9 cm³/mol. The molecule has 2 N–H and O–H groups in total. The summed E-state index contributed by atoms with van der Waals surface area (Å²) < 4.78 is 6.63. The largest absolute Gasteiger partial charge is 0.464 e. The topological polar surface area (TPSA) is 69.6 Å². The first-order chi connectivity index (χ1) is 8.27. The molecule has 2 rings (SSSR count). The van der Waals surface area contributed by atoms with Gasteiger partial charge in [0.2, 0.25) is 0 Å². The lowest BCUT2D eigenvalue weighted by atomic mass is 10.3. The molecule has 0 bridgehead atoms. The number of carbonyl (C=O) groups excluding carboxylic acids is 1. The van der Waals surface area contributed by atoms with Gasteiger partial charge in [0.15, 0.2) is 5.69 Å². The van der Waals surface area contributed by atoms with Gasteiger partial charge < -0.3 is 14.9 Å². The minimum atomic E-state index is -0.410. The van der Waals surface area contributed by atoms with Gasteiger partial charge >= 0.3 is 5.97 Å². The maximum absolute atomic E-state index is 11.6. The van der Waals surface area contributed by atoms with Gasteiger partial charge in [-0.25, -0.2) is 9.78 Å². The number of imidazole rings is 1. The molecular formula is C12H15N3O2. The fourth-order valence-electron chi connectivity index (χ4n) is 1.78. The van der Waals surface area contributed by atoms with Gasteiger partial charge in [-0.3, -0.25) is 0 Å².